The number of rotatable bonds is 6. The van der Waals surface area contributed by atoms with E-state index < -0.39 is 10.0 Å². The van der Waals surface area contributed by atoms with Gasteiger partial charge < -0.3 is 5.32 Å². The minimum atomic E-state index is -3.50. The van der Waals surface area contributed by atoms with Crippen LogP contribution >= 0.6 is 0 Å². The number of nitrogens with one attached hydrogen (secondary N) is 3. The van der Waals surface area contributed by atoms with E-state index in [0.717, 1.165) is 12.8 Å². The van der Waals surface area contributed by atoms with E-state index in [4.69, 9.17) is 0 Å². The van der Waals surface area contributed by atoms with Crippen LogP contribution in [0.4, 0.5) is 0 Å². The summed E-state index contributed by atoms with van der Waals surface area (Å²) in [6, 6.07) is -0.0190. The highest BCUT2D eigenvalue weighted by Crippen LogP contribution is 2.30. The molecule has 3 N–H and O–H groups in total. The summed E-state index contributed by atoms with van der Waals surface area (Å²) >= 11 is 0. The first kappa shape index (κ1) is 13.5. The minimum absolute atomic E-state index is 0.0190. The van der Waals surface area contributed by atoms with Crippen LogP contribution < -0.4 is 10.0 Å². The van der Waals surface area contributed by atoms with Gasteiger partial charge >= 0.3 is 0 Å². The third-order valence-electron chi connectivity index (χ3n) is 3.51. The maximum atomic E-state index is 12.2. The summed E-state index contributed by atoms with van der Waals surface area (Å²) < 4.78 is 27.2. The van der Waals surface area contributed by atoms with Crippen molar-refractivity contribution in [1.82, 2.24) is 20.2 Å². The average Bonchev–Trinajstić information content (AvgIpc) is 2.63. The fourth-order valence-electron chi connectivity index (χ4n) is 2.19. The first-order valence-electron chi connectivity index (χ1n) is 6.24. The molecule has 7 heteroatoms. The van der Waals surface area contributed by atoms with Gasteiger partial charge in [0.2, 0.25) is 0 Å². The van der Waals surface area contributed by atoms with E-state index in [2.05, 4.69) is 20.2 Å². The number of aromatic nitrogens is 2. The Morgan fingerprint density at radius 1 is 1.56 bits per heavy atom. The molecule has 0 saturated heterocycles. The molecule has 0 aromatic carbocycles. The van der Waals surface area contributed by atoms with Gasteiger partial charge in [0.1, 0.15) is 0 Å². The molecule has 1 unspecified atom stereocenters. The zero-order valence-corrected chi connectivity index (χ0v) is 11.5. The lowest BCUT2D eigenvalue weighted by Gasteiger charge is -2.31. The summed E-state index contributed by atoms with van der Waals surface area (Å²) in [5, 5.41) is 9.48. The highest BCUT2D eigenvalue weighted by molar-refractivity contribution is 7.89. The summed E-state index contributed by atoms with van der Waals surface area (Å²) in [6.07, 6.45) is 4.96. The van der Waals surface area contributed by atoms with Gasteiger partial charge in [0.15, 0.2) is 5.03 Å². The summed E-state index contributed by atoms with van der Waals surface area (Å²) in [6.45, 7) is 2.40. The van der Waals surface area contributed by atoms with Crippen LogP contribution in [-0.4, -0.2) is 31.7 Å². The number of nitrogens with zero attached hydrogens (tertiary/aromatic N) is 1. The van der Waals surface area contributed by atoms with Crippen molar-refractivity contribution in [3.05, 3.63) is 11.8 Å². The van der Waals surface area contributed by atoms with Crippen molar-refractivity contribution >= 4 is 10.0 Å². The maximum Gasteiger partial charge on any atom is 0.258 e. The van der Waals surface area contributed by atoms with Crippen LogP contribution in [0.15, 0.2) is 11.2 Å². The van der Waals surface area contributed by atoms with Gasteiger partial charge in [-0.1, -0.05) is 6.42 Å². The molecular formula is C11H20N4O2S. The van der Waals surface area contributed by atoms with Crippen molar-refractivity contribution < 1.29 is 8.42 Å². The Bertz CT molecular complexity index is 493. The van der Waals surface area contributed by atoms with Crippen LogP contribution in [0.5, 0.6) is 0 Å². The lowest BCUT2D eigenvalue weighted by molar-refractivity contribution is 0.260. The molecule has 0 aliphatic heterocycles. The van der Waals surface area contributed by atoms with Gasteiger partial charge in [-0.3, -0.25) is 5.10 Å². The Hall–Kier alpha value is -0.920. The molecule has 2 rings (SSSR count). The minimum Gasteiger partial charge on any atom is -0.316 e. The summed E-state index contributed by atoms with van der Waals surface area (Å²) in [5.74, 6) is 0.468. The van der Waals surface area contributed by atoms with Crippen molar-refractivity contribution in [3.8, 4) is 0 Å². The Morgan fingerprint density at radius 2 is 2.28 bits per heavy atom. The second-order valence-electron chi connectivity index (χ2n) is 4.86. The molecule has 0 amide bonds. The first-order valence-corrected chi connectivity index (χ1v) is 7.72. The van der Waals surface area contributed by atoms with Gasteiger partial charge in [0.25, 0.3) is 10.0 Å². The van der Waals surface area contributed by atoms with Gasteiger partial charge in [0.05, 0.1) is 6.20 Å². The van der Waals surface area contributed by atoms with Crippen LogP contribution in [-0.2, 0) is 16.6 Å². The van der Waals surface area contributed by atoms with Gasteiger partial charge in [-0.05, 0) is 32.7 Å². The third-order valence-corrected chi connectivity index (χ3v) is 5.09. The molecule has 0 spiro atoms. The zero-order chi connectivity index (χ0) is 13.2. The molecule has 102 valence electrons. The van der Waals surface area contributed by atoms with E-state index in [0.29, 0.717) is 18.0 Å². The second-order valence-corrected chi connectivity index (χ2v) is 6.51. The van der Waals surface area contributed by atoms with E-state index >= 15 is 0 Å². The molecule has 1 saturated carbocycles. The molecule has 18 heavy (non-hydrogen) atoms. The third kappa shape index (κ3) is 2.73. The number of sulfonamides is 1. The molecule has 0 radical (unpaired) electrons. The molecule has 1 heterocycles. The molecule has 0 bridgehead atoms. The van der Waals surface area contributed by atoms with Crippen LogP contribution in [0.25, 0.3) is 0 Å². The molecular weight excluding hydrogens is 252 g/mol. The molecule has 1 atom stereocenters. The van der Waals surface area contributed by atoms with Crippen molar-refractivity contribution in [2.75, 3.05) is 7.05 Å². The number of hydrogen-bond acceptors (Lipinski definition) is 4. The summed E-state index contributed by atoms with van der Waals surface area (Å²) in [4.78, 5) is 0. The lowest BCUT2D eigenvalue weighted by Crippen LogP contribution is -2.41. The van der Waals surface area contributed by atoms with Crippen molar-refractivity contribution in [2.45, 2.75) is 43.8 Å². The Balaban J connectivity index is 2.11. The normalized spacial score (nSPS) is 18.6. The predicted octanol–water partition coefficient (Wildman–Crippen LogP) is 0.596. The topological polar surface area (TPSA) is 86.9 Å². The Morgan fingerprint density at radius 3 is 2.83 bits per heavy atom. The van der Waals surface area contributed by atoms with E-state index in [1.807, 2.05) is 6.92 Å². The highest BCUT2D eigenvalue weighted by Gasteiger charge is 2.29. The van der Waals surface area contributed by atoms with E-state index in [9.17, 15) is 8.42 Å². The van der Waals surface area contributed by atoms with Gasteiger partial charge in [-0.25, -0.2) is 13.1 Å². The fourth-order valence-corrected chi connectivity index (χ4v) is 3.63. The number of aromatic amines is 1. The van der Waals surface area contributed by atoms with Gasteiger partial charge in [-0.2, -0.15) is 5.10 Å². The van der Waals surface area contributed by atoms with Crippen molar-refractivity contribution in [3.63, 3.8) is 0 Å². The molecule has 1 aromatic rings. The number of H-pyrrole nitrogens is 1. The van der Waals surface area contributed by atoms with Crippen LogP contribution in [0.1, 0.15) is 31.7 Å². The monoisotopic (exact) mass is 272 g/mol. The smallest absolute Gasteiger partial charge is 0.258 e. The maximum absolute atomic E-state index is 12.2. The van der Waals surface area contributed by atoms with E-state index in [1.54, 1.807) is 13.2 Å². The SMILES string of the molecule is CNCc1cn[nH]c1S(=O)(=O)NC(C)C1CCC1. The number of hydrogen-bond donors (Lipinski definition) is 3. The van der Waals surface area contributed by atoms with E-state index in [-0.39, 0.29) is 11.1 Å². The van der Waals surface area contributed by atoms with Gasteiger partial charge in [0, 0.05) is 18.2 Å². The van der Waals surface area contributed by atoms with Gasteiger partial charge in [-0.15, -0.1) is 0 Å². The summed E-state index contributed by atoms with van der Waals surface area (Å²) in [7, 11) is -1.73. The predicted molar refractivity (Wildman–Crippen MR) is 68.5 cm³/mol. The summed E-state index contributed by atoms with van der Waals surface area (Å²) in [5.41, 5.74) is 0.658. The van der Waals surface area contributed by atoms with Crippen LogP contribution in [0.2, 0.25) is 0 Å². The van der Waals surface area contributed by atoms with E-state index in [1.165, 1.54) is 6.42 Å². The Labute approximate surface area is 108 Å². The highest BCUT2D eigenvalue weighted by atomic mass is 32.2. The standard InChI is InChI=1S/C11H20N4O2S/c1-8(9-4-3-5-9)15-18(16,17)11-10(6-12-2)7-13-14-11/h7-9,12,15H,3-6H2,1-2H3,(H,13,14). The lowest BCUT2D eigenvalue weighted by atomic mass is 9.81. The van der Waals surface area contributed by atoms with Crippen molar-refractivity contribution in [1.29, 1.82) is 0 Å². The quantitative estimate of drug-likeness (QED) is 0.707. The van der Waals surface area contributed by atoms with Crippen molar-refractivity contribution in [2.24, 2.45) is 5.92 Å². The molecule has 1 aliphatic carbocycles. The largest absolute Gasteiger partial charge is 0.316 e. The first-order chi connectivity index (χ1) is 8.54. The average molecular weight is 272 g/mol. The zero-order valence-electron chi connectivity index (χ0n) is 10.7. The molecule has 6 nitrogen and oxygen atoms in total. The Kier molecular flexibility index (Phi) is 4.04. The fraction of sp³-hybridized carbons (Fsp3) is 0.727. The molecule has 1 fully saturated rings. The van der Waals surface area contributed by atoms with Crippen LogP contribution in [0, 0.1) is 5.92 Å². The molecule has 1 aliphatic rings. The molecule has 1 aromatic heterocycles. The van der Waals surface area contributed by atoms with Crippen LogP contribution in [0.3, 0.4) is 0 Å². The second kappa shape index (κ2) is 5.38.